The van der Waals surface area contributed by atoms with Crippen LogP contribution in [0.2, 0.25) is 0 Å². The number of nitrogens with two attached hydrogens (primary N) is 1. The lowest BCUT2D eigenvalue weighted by Crippen LogP contribution is -2.08. The SMILES string of the molecule is NNc1cc(S)ccc1[N+](=O)[O-]. The van der Waals surface area contributed by atoms with Crippen LogP contribution >= 0.6 is 12.6 Å². The van der Waals surface area contributed by atoms with Crippen LogP contribution in [0.25, 0.3) is 0 Å². The number of anilines is 1. The Bertz CT molecular complexity index is 316. The molecule has 0 aromatic heterocycles. The lowest BCUT2D eigenvalue weighted by atomic mass is 10.3. The summed E-state index contributed by atoms with van der Waals surface area (Å²) in [5.41, 5.74) is 2.42. The second-order valence-corrected chi connectivity index (χ2v) is 2.62. The smallest absolute Gasteiger partial charge is 0.293 e. The lowest BCUT2D eigenvalue weighted by molar-refractivity contribution is -0.384. The number of rotatable bonds is 2. The van der Waals surface area contributed by atoms with Crippen LogP contribution in [0.1, 0.15) is 0 Å². The maximum absolute atomic E-state index is 10.4. The van der Waals surface area contributed by atoms with Crippen molar-refractivity contribution in [3.05, 3.63) is 28.3 Å². The maximum Gasteiger partial charge on any atom is 0.293 e. The minimum absolute atomic E-state index is 0.0599. The average molecular weight is 185 g/mol. The van der Waals surface area contributed by atoms with Gasteiger partial charge in [0, 0.05) is 11.0 Å². The number of benzene rings is 1. The van der Waals surface area contributed by atoms with Gasteiger partial charge in [-0.15, -0.1) is 12.6 Å². The van der Waals surface area contributed by atoms with E-state index in [1.165, 1.54) is 18.2 Å². The molecule has 64 valence electrons. The van der Waals surface area contributed by atoms with Gasteiger partial charge >= 0.3 is 0 Å². The molecule has 0 heterocycles. The van der Waals surface area contributed by atoms with Crippen LogP contribution in [0.5, 0.6) is 0 Å². The Morgan fingerprint density at radius 3 is 2.75 bits per heavy atom. The van der Waals surface area contributed by atoms with Gasteiger partial charge in [0.15, 0.2) is 0 Å². The summed E-state index contributed by atoms with van der Waals surface area (Å²) in [6, 6.07) is 4.36. The third-order valence-electron chi connectivity index (χ3n) is 1.33. The molecular weight excluding hydrogens is 178 g/mol. The molecule has 0 amide bonds. The topological polar surface area (TPSA) is 81.2 Å². The lowest BCUT2D eigenvalue weighted by Gasteiger charge is -2.01. The van der Waals surface area contributed by atoms with E-state index in [0.717, 1.165) is 0 Å². The van der Waals surface area contributed by atoms with E-state index in [4.69, 9.17) is 5.84 Å². The molecule has 1 aromatic carbocycles. The number of nitro benzene ring substituents is 1. The van der Waals surface area contributed by atoms with E-state index in [1.807, 2.05) is 0 Å². The van der Waals surface area contributed by atoms with Crippen LogP contribution in [-0.2, 0) is 0 Å². The maximum atomic E-state index is 10.4. The minimum atomic E-state index is -0.511. The van der Waals surface area contributed by atoms with Crippen LogP contribution in [0.4, 0.5) is 11.4 Å². The molecular formula is C6H7N3O2S. The first-order chi connectivity index (χ1) is 5.65. The van der Waals surface area contributed by atoms with Gasteiger partial charge in [-0.05, 0) is 12.1 Å². The second-order valence-electron chi connectivity index (χ2n) is 2.10. The van der Waals surface area contributed by atoms with Gasteiger partial charge in [-0.3, -0.25) is 16.0 Å². The highest BCUT2D eigenvalue weighted by Gasteiger charge is 2.11. The Balaban J connectivity index is 3.20. The molecule has 0 aliphatic heterocycles. The number of thiol groups is 1. The zero-order valence-electron chi connectivity index (χ0n) is 6.02. The molecule has 5 nitrogen and oxygen atoms in total. The fraction of sp³-hybridized carbons (Fsp3) is 0. The monoisotopic (exact) mass is 185 g/mol. The number of hydrogen-bond donors (Lipinski definition) is 3. The third kappa shape index (κ3) is 1.66. The zero-order valence-corrected chi connectivity index (χ0v) is 6.91. The predicted octanol–water partition coefficient (Wildman–Crippen LogP) is 1.17. The van der Waals surface area contributed by atoms with Crippen LogP contribution < -0.4 is 11.3 Å². The first-order valence-electron chi connectivity index (χ1n) is 3.09. The quantitative estimate of drug-likeness (QED) is 0.279. The molecule has 0 atom stereocenters. The first kappa shape index (κ1) is 8.82. The minimum Gasteiger partial charge on any atom is -0.318 e. The molecule has 1 aromatic rings. The highest BCUT2D eigenvalue weighted by Crippen LogP contribution is 2.25. The van der Waals surface area contributed by atoms with Gasteiger partial charge in [-0.2, -0.15) is 0 Å². The van der Waals surface area contributed by atoms with Crippen molar-refractivity contribution in [1.82, 2.24) is 0 Å². The number of nitrogens with zero attached hydrogens (tertiary/aromatic N) is 1. The van der Waals surface area contributed by atoms with Crippen molar-refractivity contribution >= 4 is 24.0 Å². The van der Waals surface area contributed by atoms with Crippen molar-refractivity contribution in [2.75, 3.05) is 5.43 Å². The van der Waals surface area contributed by atoms with Crippen molar-refractivity contribution in [3.8, 4) is 0 Å². The first-order valence-corrected chi connectivity index (χ1v) is 3.54. The molecule has 0 unspecified atom stereocenters. The number of nitrogens with one attached hydrogen (secondary N) is 1. The van der Waals surface area contributed by atoms with Gasteiger partial charge in [0.05, 0.1) is 4.92 Å². The van der Waals surface area contributed by atoms with Gasteiger partial charge in [-0.25, -0.2) is 0 Å². The standard InChI is InChI=1S/C6H7N3O2S/c7-8-5-3-4(12)1-2-6(5)9(10)11/h1-3,8,12H,7H2. The summed E-state index contributed by atoms with van der Waals surface area (Å²) in [4.78, 5) is 10.5. The van der Waals surface area contributed by atoms with E-state index in [1.54, 1.807) is 0 Å². The van der Waals surface area contributed by atoms with Gasteiger partial charge in [0.1, 0.15) is 5.69 Å². The third-order valence-corrected chi connectivity index (χ3v) is 1.61. The molecule has 0 saturated carbocycles. The highest BCUT2D eigenvalue weighted by molar-refractivity contribution is 7.80. The van der Waals surface area contributed by atoms with Gasteiger partial charge in [0.25, 0.3) is 5.69 Å². The molecule has 0 aliphatic rings. The Kier molecular flexibility index (Phi) is 2.51. The summed E-state index contributed by atoms with van der Waals surface area (Å²) < 4.78 is 0. The van der Waals surface area contributed by atoms with Crippen molar-refractivity contribution in [2.24, 2.45) is 5.84 Å². The average Bonchev–Trinajstić information content (AvgIpc) is 2.03. The van der Waals surface area contributed by atoms with Gasteiger partial charge < -0.3 is 5.43 Å². The number of hydrogen-bond acceptors (Lipinski definition) is 5. The number of nitro groups is 1. The predicted molar refractivity (Wildman–Crippen MR) is 48.2 cm³/mol. The Hall–Kier alpha value is -1.27. The van der Waals surface area contributed by atoms with Gasteiger partial charge in [0.2, 0.25) is 0 Å². The molecule has 0 radical (unpaired) electrons. The Labute approximate surface area is 74.1 Å². The van der Waals surface area contributed by atoms with E-state index < -0.39 is 4.92 Å². The Morgan fingerprint density at radius 1 is 1.58 bits per heavy atom. The van der Waals surface area contributed by atoms with E-state index >= 15 is 0 Å². The summed E-state index contributed by atoms with van der Waals surface area (Å²) in [7, 11) is 0. The summed E-state index contributed by atoms with van der Waals surface area (Å²) in [6.07, 6.45) is 0. The fourth-order valence-electron chi connectivity index (χ4n) is 0.799. The molecule has 12 heavy (non-hydrogen) atoms. The normalized spacial score (nSPS) is 9.50. The van der Waals surface area contributed by atoms with Crippen LogP contribution in [-0.4, -0.2) is 4.92 Å². The number of hydrazine groups is 1. The van der Waals surface area contributed by atoms with Crippen molar-refractivity contribution in [1.29, 1.82) is 0 Å². The molecule has 0 aliphatic carbocycles. The molecule has 1 rings (SSSR count). The van der Waals surface area contributed by atoms with Crippen LogP contribution in [0, 0.1) is 10.1 Å². The van der Waals surface area contributed by atoms with Crippen molar-refractivity contribution in [2.45, 2.75) is 4.90 Å². The highest BCUT2D eigenvalue weighted by atomic mass is 32.1. The summed E-state index contributed by atoms with van der Waals surface area (Å²) in [5.74, 6) is 5.07. The zero-order chi connectivity index (χ0) is 9.14. The summed E-state index contributed by atoms with van der Waals surface area (Å²) in [6.45, 7) is 0. The van der Waals surface area contributed by atoms with E-state index in [9.17, 15) is 10.1 Å². The largest absolute Gasteiger partial charge is 0.318 e. The fourth-order valence-corrected chi connectivity index (χ4v) is 1.00. The molecule has 0 spiro atoms. The Morgan fingerprint density at radius 2 is 2.25 bits per heavy atom. The molecule has 3 N–H and O–H groups in total. The second kappa shape index (κ2) is 3.42. The van der Waals surface area contributed by atoms with Crippen LogP contribution in [0.15, 0.2) is 23.1 Å². The molecule has 6 heteroatoms. The molecule has 0 saturated heterocycles. The summed E-state index contributed by atoms with van der Waals surface area (Å²) >= 11 is 4.01. The molecule has 0 fully saturated rings. The summed E-state index contributed by atoms with van der Waals surface area (Å²) in [5, 5.41) is 10.4. The number of nitrogen functional groups attached to an aromatic ring is 1. The van der Waals surface area contributed by atoms with E-state index in [2.05, 4.69) is 18.1 Å². The van der Waals surface area contributed by atoms with Crippen molar-refractivity contribution < 1.29 is 4.92 Å². The van der Waals surface area contributed by atoms with Crippen LogP contribution in [0.3, 0.4) is 0 Å². The van der Waals surface area contributed by atoms with E-state index in [0.29, 0.717) is 4.90 Å². The van der Waals surface area contributed by atoms with Gasteiger partial charge in [-0.1, -0.05) is 0 Å². The van der Waals surface area contributed by atoms with Crippen molar-refractivity contribution in [3.63, 3.8) is 0 Å². The van der Waals surface area contributed by atoms with E-state index in [-0.39, 0.29) is 11.4 Å². The molecule has 0 bridgehead atoms.